The molecule has 2 aromatic carbocycles. The van der Waals surface area contributed by atoms with Gasteiger partial charge in [0.15, 0.2) is 16.7 Å². The number of aliphatic carboxylic acids is 1. The number of rotatable bonds is 7. The number of thioether (sulfide) groups is 1. The van der Waals surface area contributed by atoms with E-state index in [4.69, 9.17) is 9.47 Å². The van der Waals surface area contributed by atoms with Crippen molar-refractivity contribution >= 4 is 62.5 Å². The van der Waals surface area contributed by atoms with Gasteiger partial charge in [-0.2, -0.15) is 0 Å². The molecule has 0 radical (unpaired) electrons. The van der Waals surface area contributed by atoms with Gasteiger partial charge in [0, 0.05) is 11.5 Å². The molecular formula is C21H15BrN2O7S-2. The number of carboxylic acid groups (broad SMARTS) is 2. The van der Waals surface area contributed by atoms with Gasteiger partial charge in [0.05, 0.1) is 29.6 Å². The minimum atomic E-state index is -1.37. The van der Waals surface area contributed by atoms with Gasteiger partial charge in [0.1, 0.15) is 6.61 Å². The van der Waals surface area contributed by atoms with Crippen LogP contribution in [0.3, 0.4) is 0 Å². The summed E-state index contributed by atoms with van der Waals surface area (Å²) < 4.78 is 11.0. The molecule has 0 unspecified atom stereocenters. The minimum absolute atomic E-state index is 0.0170. The number of likely N-dealkylation sites (N-methyl/N-ethyl adjacent to an activating group) is 1. The van der Waals surface area contributed by atoms with Crippen LogP contribution in [0.5, 0.6) is 11.5 Å². The normalized spacial score (nSPS) is 16.0. The second kappa shape index (κ2) is 9.88. The highest BCUT2D eigenvalue weighted by Crippen LogP contribution is 2.38. The van der Waals surface area contributed by atoms with Gasteiger partial charge in [0.25, 0.3) is 5.91 Å². The smallest absolute Gasteiger partial charge is 0.266 e. The van der Waals surface area contributed by atoms with Gasteiger partial charge in [-0.1, -0.05) is 28.1 Å². The van der Waals surface area contributed by atoms with Crippen molar-refractivity contribution in [2.24, 2.45) is 4.99 Å². The van der Waals surface area contributed by atoms with Gasteiger partial charge in [-0.25, -0.2) is 4.99 Å². The number of amidine groups is 1. The fourth-order valence-corrected chi connectivity index (χ4v) is 4.09. The van der Waals surface area contributed by atoms with Crippen LogP contribution in [0.1, 0.15) is 15.9 Å². The summed E-state index contributed by atoms with van der Waals surface area (Å²) in [5.74, 6) is -2.52. The molecule has 1 aliphatic heterocycles. The Morgan fingerprint density at radius 2 is 1.97 bits per heavy atom. The minimum Gasteiger partial charge on any atom is -0.546 e. The predicted octanol–water partition coefficient (Wildman–Crippen LogP) is 1.18. The highest BCUT2D eigenvalue weighted by Gasteiger charge is 2.30. The first-order valence-electron chi connectivity index (χ1n) is 8.97. The van der Waals surface area contributed by atoms with Crippen LogP contribution >= 0.6 is 27.7 Å². The average molecular weight is 519 g/mol. The molecule has 0 spiro atoms. The molecule has 166 valence electrons. The number of halogens is 1. The summed E-state index contributed by atoms with van der Waals surface area (Å²) >= 11 is 4.50. The molecule has 0 bridgehead atoms. The van der Waals surface area contributed by atoms with E-state index in [-0.39, 0.29) is 23.0 Å². The Morgan fingerprint density at radius 1 is 1.22 bits per heavy atom. The standard InChI is InChI=1S/C21H17BrN2O7S/c1-24-19(27)17(32-21(24)23-13-5-3-4-11(6-13)20(28)29)8-12-7-15(30-2)16(9-14(12)22)31-10-18(25)26/h3-9H,10H2,1-2H3,(H,25,26)(H,28,29)/p-2/b17-8-,23-21?. The number of aliphatic imine (C=N–C) groups is 1. The van der Waals surface area contributed by atoms with E-state index in [1.807, 2.05) is 0 Å². The average Bonchev–Trinajstić information content (AvgIpc) is 3.01. The van der Waals surface area contributed by atoms with E-state index in [9.17, 15) is 24.6 Å². The lowest BCUT2D eigenvalue weighted by atomic mass is 10.2. The zero-order chi connectivity index (χ0) is 23.4. The number of amides is 1. The molecule has 1 saturated heterocycles. The first kappa shape index (κ1) is 23.4. The number of hydrogen-bond donors (Lipinski definition) is 0. The molecule has 1 fully saturated rings. The number of carbonyl (C=O) groups excluding carboxylic acids is 3. The summed E-state index contributed by atoms with van der Waals surface area (Å²) in [7, 11) is 2.96. The molecule has 9 nitrogen and oxygen atoms in total. The molecule has 11 heteroatoms. The van der Waals surface area contributed by atoms with E-state index in [1.165, 1.54) is 36.3 Å². The molecule has 0 saturated carbocycles. The molecule has 1 aliphatic rings. The predicted molar refractivity (Wildman–Crippen MR) is 117 cm³/mol. The maximum absolute atomic E-state index is 12.7. The van der Waals surface area contributed by atoms with Crippen molar-refractivity contribution in [3.63, 3.8) is 0 Å². The number of methoxy groups -OCH3 is 1. The van der Waals surface area contributed by atoms with Crippen molar-refractivity contribution in [1.82, 2.24) is 4.90 Å². The summed E-state index contributed by atoms with van der Waals surface area (Å²) in [5.41, 5.74) is 0.941. The first-order valence-corrected chi connectivity index (χ1v) is 10.6. The summed E-state index contributed by atoms with van der Waals surface area (Å²) in [6.07, 6.45) is 1.62. The maximum atomic E-state index is 12.7. The summed E-state index contributed by atoms with van der Waals surface area (Å²) in [6, 6.07) is 9.03. The Bertz CT molecular complexity index is 1160. The second-order valence-corrected chi connectivity index (χ2v) is 8.26. The van der Waals surface area contributed by atoms with Crippen LogP contribution in [0.25, 0.3) is 6.08 Å². The van der Waals surface area contributed by atoms with Crippen LogP contribution in [-0.4, -0.2) is 48.7 Å². The third-order valence-corrected chi connectivity index (χ3v) is 5.97. The fraction of sp³-hybridized carbons (Fsp3) is 0.143. The van der Waals surface area contributed by atoms with E-state index < -0.39 is 18.5 Å². The molecular weight excluding hydrogens is 504 g/mol. The number of carbonyl (C=O) groups is 3. The number of aromatic carboxylic acids is 1. The van der Waals surface area contributed by atoms with Crippen LogP contribution in [0.2, 0.25) is 0 Å². The molecule has 0 N–H and O–H groups in total. The van der Waals surface area contributed by atoms with Crippen LogP contribution in [-0.2, 0) is 9.59 Å². The van der Waals surface area contributed by atoms with E-state index >= 15 is 0 Å². The van der Waals surface area contributed by atoms with Gasteiger partial charge in [-0.15, -0.1) is 0 Å². The Labute approximate surface area is 195 Å². The van der Waals surface area contributed by atoms with E-state index in [0.717, 1.165) is 11.8 Å². The summed E-state index contributed by atoms with van der Waals surface area (Å²) in [6.45, 7) is -0.638. The van der Waals surface area contributed by atoms with Gasteiger partial charge in [-0.3, -0.25) is 9.69 Å². The van der Waals surface area contributed by atoms with Crippen molar-refractivity contribution in [1.29, 1.82) is 0 Å². The van der Waals surface area contributed by atoms with Crippen LogP contribution in [0.4, 0.5) is 5.69 Å². The molecule has 0 aliphatic carbocycles. The second-order valence-electron chi connectivity index (χ2n) is 6.39. The lowest BCUT2D eigenvalue weighted by Crippen LogP contribution is -2.29. The van der Waals surface area contributed by atoms with Gasteiger partial charge in [-0.05, 0) is 53.2 Å². The zero-order valence-corrected chi connectivity index (χ0v) is 19.2. The van der Waals surface area contributed by atoms with Crippen molar-refractivity contribution in [3.8, 4) is 11.5 Å². The highest BCUT2D eigenvalue weighted by atomic mass is 79.9. The topological polar surface area (TPSA) is 131 Å². The molecule has 32 heavy (non-hydrogen) atoms. The molecule has 0 aromatic heterocycles. The molecule has 0 atom stereocenters. The van der Waals surface area contributed by atoms with Gasteiger partial charge in [0.2, 0.25) is 0 Å². The van der Waals surface area contributed by atoms with E-state index in [1.54, 1.807) is 25.3 Å². The van der Waals surface area contributed by atoms with Crippen LogP contribution in [0, 0.1) is 0 Å². The van der Waals surface area contributed by atoms with Crippen LogP contribution < -0.4 is 19.7 Å². The number of carboxylic acids is 2. The van der Waals surface area contributed by atoms with E-state index in [0.29, 0.717) is 25.8 Å². The van der Waals surface area contributed by atoms with Crippen molar-refractivity contribution < 1.29 is 34.1 Å². The number of hydrogen-bond acceptors (Lipinski definition) is 9. The van der Waals surface area contributed by atoms with Crippen LogP contribution in [0.15, 0.2) is 50.8 Å². The SMILES string of the molecule is COc1cc(/C=C2\SC(=Nc3cccc(C(=O)[O-])c3)N(C)C2=O)c(Br)cc1OCC(=O)[O-]. The van der Waals surface area contributed by atoms with Gasteiger partial charge < -0.3 is 29.3 Å². The number of nitrogens with zero attached hydrogens (tertiary/aromatic N) is 2. The molecule has 1 amide bonds. The van der Waals surface area contributed by atoms with Crippen molar-refractivity contribution in [2.75, 3.05) is 20.8 Å². The Balaban J connectivity index is 1.91. The lowest BCUT2D eigenvalue weighted by molar-refractivity contribution is -0.307. The molecule has 3 rings (SSSR count). The van der Waals surface area contributed by atoms with Crippen molar-refractivity contribution in [3.05, 3.63) is 56.9 Å². The zero-order valence-electron chi connectivity index (χ0n) is 16.8. The summed E-state index contributed by atoms with van der Waals surface area (Å²) in [4.78, 5) is 40.5. The number of benzene rings is 2. The maximum Gasteiger partial charge on any atom is 0.266 e. The molecule has 1 heterocycles. The lowest BCUT2D eigenvalue weighted by Gasteiger charge is -2.13. The van der Waals surface area contributed by atoms with Gasteiger partial charge >= 0.3 is 0 Å². The third kappa shape index (κ3) is 5.29. The number of ether oxygens (including phenoxy) is 2. The Hall–Kier alpha value is -3.31. The van der Waals surface area contributed by atoms with Crippen molar-refractivity contribution in [2.45, 2.75) is 0 Å². The largest absolute Gasteiger partial charge is 0.546 e. The third-order valence-electron chi connectivity index (χ3n) is 4.23. The Kier molecular flexibility index (Phi) is 7.21. The van der Waals surface area contributed by atoms with E-state index in [2.05, 4.69) is 20.9 Å². The monoisotopic (exact) mass is 518 g/mol. The molecule has 2 aromatic rings. The Morgan fingerprint density at radius 3 is 2.62 bits per heavy atom. The quantitative estimate of drug-likeness (QED) is 0.499. The highest BCUT2D eigenvalue weighted by molar-refractivity contribution is 9.10. The first-order chi connectivity index (χ1) is 15.2. The summed E-state index contributed by atoms with van der Waals surface area (Å²) in [5, 5.41) is 22.1. The fourth-order valence-electron chi connectivity index (χ4n) is 2.68.